The summed E-state index contributed by atoms with van der Waals surface area (Å²) in [4.78, 5) is 11.4. The summed E-state index contributed by atoms with van der Waals surface area (Å²) in [5.74, 6) is -0.0195. The molecule has 1 fully saturated rings. The Morgan fingerprint density at radius 2 is 1.52 bits per heavy atom. The summed E-state index contributed by atoms with van der Waals surface area (Å²) in [6.45, 7) is 5.25. The molecule has 0 N–H and O–H groups in total. The van der Waals surface area contributed by atoms with Crippen LogP contribution in [-0.4, -0.2) is 38.5 Å². The maximum atomic E-state index is 11.4. The number of carbonyl (C=O) groups is 1. The Hall–Kier alpha value is -0.610. The number of hydrogen-bond acceptors (Lipinski definition) is 4. The molecule has 0 aliphatic carbocycles. The quantitative estimate of drug-likeness (QED) is 0.222. The Bertz CT molecular complexity index is 277. The molecular weight excluding hydrogens is 292 g/mol. The first-order chi connectivity index (χ1) is 11.3. The maximum Gasteiger partial charge on any atom is 0.305 e. The van der Waals surface area contributed by atoms with E-state index in [9.17, 15) is 4.79 Å². The average molecular weight is 328 g/mol. The highest BCUT2D eigenvalue weighted by molar-refractivity contribution is 5.69. The highest BCUT2D eigenvalue weighted by Gasteiger charge is 2.21. The first-order valence-electron chi connectivity index (χ1n) is 9.68. The van der Waals surface area contributed by atoms with Crippen molar-refractivity contribution in [3.05, 3.63) is 0 Å². The fourth-order valence-electron chi connectivity index (χ4n) is 2.49. The van der Waals surface area contributed by atoms with Gasteiger partial charge in [0.05, 0.1) is 19.8 Å². The van der Waals surface area contributed by atoms with Crippen molar-refractivity contribution >= 4 is 5.97 Å². The number of esters is 1. The molecule has 4 heteroatoms. The van der Waals surface area contributed by atoms with Gasteiger partial charge in [0.15, 0.2) is 0 Å². The molecule has 0 spiro atoms. The molecule has 0 bridgehead atoms. The minimum Gasteiger partial charge on any atom is -0.466 e. The van der Waals surface area contributed by atoms with Crippen molar-refractivity contribution in [1.82, 2.24) is 0 Å². The maximum absolute atomic E-state index is 11.4. The lowest BCUT2D eigenvalue weighted by Crippen LogP contribution is -2.05. The van der Waals surface area contributed by atoms with Crippen LogP contribution in [0.4, 0.5) is 0 Å². The Morgan fingerprint density at radius 3 is 2.13 bits per heavy atom. The zero-order valence-electron chi connectivity index (χ0n) is 15.0. The third-order valence-corrected chi connectivity index (χ3v) is 4.14. The molecule has 0 aromatic heterocycles. The van der Waals surface area contributed by atoms with E-state index >= 15 is 0 Å². The van der Waals surface area contributed by atoms with E-state index in [0.29, 0.717) is 19.1 Å². The second-order valence-electron chi connectivity index (χ2n) is 6.54. The van der Waals surface area contributed by atoms with Crippen molar-refractivity contribution in [2.75, 3.05) is 26.4 Å². The van der Waals surface area contributed by atoms with E-state index in [1.807, 2.05) is 0 Å². The number of hydrogen-bond donors (Lipinski definition) is 0. The molecule has 0 aromatic carbocycles. The van der Waals surface area contributed by atoms with Gasteiger partial charge < -0.3 is 14.2 Å². The molecule has 1 saturated heterocycles. The lowest BCUT2D eigenvalue weighted by atomic mass is 10.1. The molecule has 4 nitrogen and oxygen atoms in total. The number of rotatable bonds is 17. The summed E-state index contributed by atoms with van der Waals surface area (Å²) in [5, 5.41) is 0. The largest absolute Gasteiger partial charge is 0.466 e. The van der Waals surface area contributed by atoms with Crippen molar-refractivity contribution in [3.63, 3.8) is 0 Å². The minimum atomic E-state index is -0.0195. The molecule has 136 valence electrons. The van der Waals surface area contributed by atoms with Crippen LogP contribution in [0.2, 0.25) is 0 Å². The summed E-state index contributed by atoms with van der Waals surface area (Å²) in [6.07, 6.45) is 14.1. The van der Waals surface area contributed by atoms with Gasteiger partial charge in [0, 0.05) is 13.0 Å². The average Bonchev–Trinajstić information content (AvgIpc) is 3.36. The highest BCUT2D eigenvalue weighted by Crippen LogP contribution is 2.12. The summed E-state index contributed by atoms with van der Waals surface area (Å²) in [6, 6.07) is 0. The van der Waals surface area contributed by atoms with Gasteiger partial charge in [-0.15, -0.1) is 0 Å². The predicted octanol–water partition coefficient (Wildman–Crippen LogP) is 4.65. The van der Waals surface area contributed by atoms with Crippen molar-refractivity contribution in [2.45, 2.75) is 90.1 Å². The van der Waals surface area contributed by atoms with Gasteiger partial charge in [-0.3, -0.25) is 4.79 Å². The van der Waals surface area contributed by atoms with Gasteiger partial charge in [0.1, 0.15) is 6.10 Å². The Labute approximate surface area is 142 Å². The van der Waals surface area contributed by atoms with E-state index in [1.54, 1.807) is 0 Å². The molecule has 1 heterocycles. The molecular formula is C19H36O4. The zero-order valence-corrected chi connectivity index (χ0v) is 15.0. The van der Waals surface area contributed by atoms with Crippen LogP contribution in [0.1, 0.15) is 84.0 Å². The standard InChI is InChI=1S/C19H36O4/c1-2-3-15-22-19(20)13-11-9-7-5-4-6-8-10-12-14-21-16-18-17-23-18/h18H,2-17H2,1H3. The molecule has 0 saturated carbocycles. The third-order valence-electron chi connectivity index (χ3n) is 4.14. The van der Waals surface area contributed by atoms with Crippen LogP contribution < -0.4 is 0 Å². The van der Waals surface area contributed by atoms with Gasteiger partial charge in [0.2, 0.25) is 0 Å². The second-order valence-corrected chi connectivity index (χ2v) is 6.54. The third kappa shape index (κ3) is 14.7. The van der Waals surface area contributed by atoms with Crippen LogP contribution in [0.15, 0.2) is 0 Å². The van der Waals surface area contributed by atoms with E-state index in [4.69, 9.17) is 14.2 Å². The van der Waals surface area contributed by atoms with Gasteiger partial charge in [-0.2, -0.15) is 0 Å². The summed E-state index contributed by atoms with van der Waals surface area (Å²) in [5.41, 5.74) is 0. The van der Waals surface area contributed by atoms with Gasteiger partial charge >= 0.3 is 5.97 Å². The fourth-order valence-corrected chi connectivity index (χ4v) is 2.49. The normalized spacial score (nSPS) is 16.5. The number of epoxide rings is 1. The highest BCUT2D eigenvalue weighted by atomic mass is 16.6. The number of carbonyl (C=O) groups excluding carboxylic acids is 1. The second kappa shape index (κ2) is 14.9. The monoisotopic (exact) mass is 328 g/mol. The van der Waals surface area contributed by atoms with Gasteiger partial charge in [-0.05, 0) is 19.3 Å². The Balaban J connectivity index is 1.66. The van der Waals surface area contributed by atoms with E-state index in [1.165, 1.54) is 44.9 Å². The molecule has 0 aromatic rings. The molecule has 23 heavy (non-hydrogen) atoms. The van der Waals surface area contributed by atoms with Crippen LogP contribution in [0.3, 0.4) is 0 Å². The number of unbranched alkanes of at least 4 members (excludes halogenated alkanes) is 9. The van der Waals surface area contributed by atoms with Crippen LogP contribution in [-0.2, 0) is 19.0 Å². The minimum absolute atomic E-state index is 0.0195. The van der Waals surface area contributed by atoms with Crippen molar-refractivity contribution in [1.29, 1.82) is 0 Å². The van der Waals surface area contributed by atoms with E-state index in [2.05, 4.69) is 6.92 Å². The lowest BCUT2D eigenvalue weighted by Gasteiger charge is -2.04. The smallest absolute Gasteiger partial charge is 0.305 e. The molecule has 0 amide bonds. The van der Waals surface area contributed by atoms with Gasteiger partial charge in [-0.25, -0.2) is 0 Å². The summed E-state index contributed by atoms with van der Waals surface area (Å²) >= 11 is 0. The topological polar surface area (TPSA) is 48.1 Å². The molecule has 1 unspecified atom stereocenters. The molecule has 1 atom stereocenters. The lowest BCUT2D eigenvalue weighted by molar-refractivity contribution is -0.143. The molecule has 1 aliphatic heterocycles. The van der Waals surface area contributed by atoms with E-state index < -0.39 is 0 Å². The molecule has 0 radical (unpaired) electrons. The van der Waals surface area contributed by atoms with Crippen LogP contribution in [0, 0.1) is 0 Å². The fraction of sp³-hybridized carbons (Fsp3) is 0.947. The first-order valence-corrected chi connectivity index (χ1v) is 9.68. The van der Waals surface area contributed by atoms with Crippen LogP contribution in [0.25, 0.3) is 0 Å². The van der Waals surface area contributed by atoms with Crippen LogP contribution in [0.5, 0.6) is 0 Å². The molecule has 1 rings (SSSR count). The van der Waals surface area contributed by atoms with Crippen molar-refractivity contribution < 1.29 is 19.0 Å². The molecule has 1 aliphatic rings. The first kappa shape index (κ1) is 20.4. The number of ether oxygens (including phenoxy) is 3. The van der Waals surface area contributed by atoms with Gasteiger partial charge in [0.25, 0.3) is 0 Å². The predicted molar refractivity (Wildman–Crippen MR) is 92.6 cm³/mol. The van der Waals surface area contributed by atoms with Gasteiger partial charge in [-0.1, -0.05) is 58.3 Å². The van der Waals surface area contributed by atoms with Crippen molar-refractivity contribution in [2.24, 2.45) is 0 Å². The van der Waals surface area contributed by atoms with Crippen molar-refractivity contribution in [3.8, 4) is 0 Å². The van der Waals surface area contributed by atoms with E-state index in [0.717, 1.165) is 45.5 Å². The zero-order chi connectivity index (χ0) is 16.6. The van der Waals surface area contributed by atoms with E-state index in [-0.39, 0.29) is 5.97 Å². The Morgan fingerprint density at radius 1 is 0.913 bits per heavy atom. The summed E-state index contributed by atoms with van der Waals surface area (Å²) < 4.78 is 15.8. The SMILES string of the molecule is CCCCOC(=O)CCCCCCCCCCCOCC1CO1. The Kier molecular flexibility index (Phi) is 13.3. The summed E-state index contributed by atoms with van der Waals surface area (Å²) in [7, 11) is 0. The van der Waals surface area contributed by atoms with Crippen LogP contribution >= 0.6 is 0 Å².